The van der Waals surface area contributed by atoms with E-state index in [9.17, 15) is 19.8 Å². The normalized spacial score (nSPS) is 21.7. The van der Waals surface area contributed by atoms with Crippen molar-refractivity contribution < 1.29 is 24.6 Å². The van der Waals surface area contributed by atoms with Crippen molar-refractivity contribution in [3.8, 4) is 0 Å². The van der Waals surface area contributed by atoms with Crippen LogP contribution in [0.1, 0.15) is 40.0 Å². The van der Waals surface area contributed by atoms with Gasteiger partial charge in [0.2, 0.25) is 0 Å². The van der Waals surface area contributed by atoms with E-state index in [-0.39, 0.29) is 30.1 Å². The number of allylic oxidation sites excluding steroid dienone is 1. The number of aliphatic hydroxyl groups excluding tert-OH is 1. The summed E-state index contributed by atoms with van der Waals surface area (Å²) in [7, 11) is 0. The Morgan fingerprint density at radius 1 is 1.55 bits per heavy atom. The van der Waals surface area contributed by atoms with Crippen LogP contribution in [-0.4, -0.2) is 34.3 Å². The van der Waals surface area contributed by atoms with Crippen molar-refractivity contribution in [3.05, 3.63) is 24.0 Å². The fraction of sp³-hybridized carbons (Fsp3) is 0.562. The van der Waals surface area contributed by atoms with Crippen LogP contribution in [0.2, 0.25) is 0 Å². The second kappa shape index (κ2) is 7.24. The maximum absolute atomic E-state index is 12.4. The molecular formula is C16H23NO5. The number of hydrogen-bond donors (Lipinski definition) is 2. The second-order valence-corrected chi connectivity index (χ2v) is 5.99. The zero-order valence-corrected chi connectivity index (χ0v) is 13.3. The Morgan fingerprint density at radius 3 is 2.68 bits per heavy atom. The van der Waals surface area contributed by atoms with Gasteiger partial charge >= 0.3 is 5.97 Å². The van der Waals surface area contributed by atoms with Crippen LogP contribution in [-0.2, 0) is 14.4 Å². The van der Waals surface area contributed by atoms with E-state index in [1.54, 1.807) is 13.8 Å². The fourth-order valence-electron chi connectivity index (χ4n) is 2.64. The van der Waals surface area contributed by atoms with Crippen LogP contribution in [0.5, 0.6) is 0 Å². The van der Waals surface area contributed by atoms with E-state index < -0.39 is 23.1 Å². The third-order valence-corrected chi connectivity index (χ3v) is 3.60. The number of carboxylic acid groups (broad SMARTS) is 1. The highest BCUT2D eigenvalue weighted by molar-refractivity contribution is 6.23. The summed E-state index contributed by atoms with van der Waals surface area (Å²) in [6.45, 7) is 8.87. The molecule has 0 spiro atoms. The molecular weight excluding hydrogens is 286 g/mol. The molecule has 0 fully saturated rings. The SMILES string of the molecule is C=CCON=C(CCC)C1=C(O)C(C(=O)O)C(C)(C)CC1=O. The van der Waals surface area contributed by atoms with Crippen LogP contribution in [0.3, 0.4) is 0 Å². The number of Topliss-reactive ketones (excluding diaryl/α,β-unsaturated/α-hetero) is 1. The molecule has 0 aromatic heterocycles. The zero-order valence-electron chi connectivity index (χ0n) is 13.3. The summed E-state index contributed by atoms with van der Waals surface area (Å²) in [6, 6.07) is 0. The lowest BCUT2D eigenvalue weighted by molar-refractivity contribution is -0.146. The van der Waals surface area contributed by atoms with Crippen LogP contribution in [0, 0.1) is 11.3 Å². The number of aliphatic carboxylic acids is 1. The van der Waals surface area contributed by atoms with Crippen LogP contribution in [0.4, 0.5) is 0 Å². The number of carbonyl (C=O) groups is 2. The molecule has 0 aliphatic heterocycles. The average molecular weight is 309 g/mol. The van der Waals surface area contributed by atoms with Crippen LogP contribution >= 0.6 is 0 Å². The molecule has 0 heterocycles. The van der Waals surface area contributed by atoms with E-state index in [4.69, 9.17) is 4.84 Å². The highest BCUT2D eigenvalue weighted by Gasteiger charge is 2.47. The number of oxime groups is 1. The summed E-state index contributed by atoms with van der Waals surface area (Å²) < 4.78 is 0. The smallest absolute Gasteiger partial charge is 0.314 e. The molecule has 2 N–H and O–H groups in total. The largest absolute Gasteiger partial charge is 0.511 e. The minimum absolute atomic E-state index is 0.0161. The molecule has 0 radical (unpaired) electrons. The molecule has 122 valence electrons. The Kier molecular flexibility index (Phi) is 5.91. The standard InChI is InChI=1S/C16H23NO5/c1-5-7-10(17-22-8-6-2)12-11(18)9-16(3,4)13(14(12)19)15(20)21/h6,13,19H,2,5,7-9H2,1,3-4H3,(H,20,21). The molecule has 22 heavy (non-hydrogen) atoms. The first-order valence-electron chi connectivity index (χ1n) is 7.25. The molecule has 1 atom stereocenters. The van der Waals surface area contributed by atoms with Gasteiger partial charge in [-0.05, 0) is 11.8 Å². The molecule has 0 aromatic carbocycles. The molecule has 0 saturated heterocycles. The number of aliphatic hydroxyl groups is 1. The molecule has 6 heteroatoms. The predicted molar refractivity (Wildman–Crippen MR) is 82.7 cm³/mol. The summed E-state index contributed by atoms with van der Waals surface area (Å²) in [5.41, 5.74) is -0.582. The van der Waals surface area contributed by atoms with Gasteiger partial charge < -0.3 is 15.1 Å². The topological polar surface area (TPSA) is 96.2 Å². The maximum atomic E-state index is 12.4. The monoisotopic (exact) mass is 309 g/mol. The van der Waals surface area contributed by atoms with Crippen molar-refractivity contribution in [1.82, 2.24) is 0 Å². The van der Waals surface area contributed by atoms with E-state index in [0.717, 1.165) is 0 Å². The van der Waals surface area contributed by atoms with E-state index >= 15 is 0 Å². The van der Waals surface area contributed by atoms with Crippen molar-refractivity contribution in [2.45, 2.75) is 40.0 Å². The minimum atomic E-state index is -1.16. The molecule has 1 rings (SSSR count). The third-order valence-electron chi connectivity index (χ3n) is 3.60. The van der Waals surface area contributed by atoms with Crippen molar-refractivity contribution in [2.75, 3.05) is 6.61 Å². The number of carbonyl (C=O) groups excluding carboxylic acids is 1. The number of nitrogens with zero attached hydrogens (tertiary/aromatic N) is 1. The van der Waals surface area contributed by atoms with Gasteiger partial charge in [-0.2, -0.15) is 0 Å². The Labute approximate surface area is 130 Å². The lowest BCUT2D eigenvalue weighted by atomic mass is 9.67. The van der Waals surface area contributed by atoms with Gasteiger partial charge in [-0.1, -0.05) is 45.0 Å². The maximum Gasteiger partial charge on any atom is 0.314 e. The number of hydrogen-bond acceptors (Lipinski definition) is 5. The first kappa shape index (κ1) is 17.9. The Hall–Kier alpha value is -2.11. The van der Waals surface area contributed by atoms with Crippen LogP contribution < -0.4 is 0 Å². The zero-order chi connectivity index (χ0) is 16.9. The quantitative estimate of drug-likeness (QED) is 0.326. The van der Waals surface area contributed by atoms with Gasteiger partial charge in [0.05, 0.1) is 11.3 Å². The van der Waals surface area contributed by atoms with Gasteiger partial charge in [0.15, 0.2) is 5.78 Å². The van der Waals surface area contributed by atoms with E-state index in [2.05, 4.69) is 11.7 Å². The van der Waals surface area contributed by atoms with E-state index in [0.29, 0.717) is 12.8 Å². The highest BCUT2D eigenvalue weighted by atomic mass is 16.6. The first-order chi connectivity index (χ1) is 10.3. The van der Waals surface area contributed by atoms with Gasteiger partial charge in [-0.15, -0.1) is 0 Å². The summed E-state index contributed by atoms with van der Waals surface area (Å²) in [4.78, 5) is 28.9. The lowest BCUT2D eigenvalue weighted by Crippen LogP contribution is -2.41. The third kappa shape index (κ3) is 3.75. The van der Waals surface area contributed by atoms with Crippen LogP contribution in [0.25, 0.3) is 0 Å². The highest BCUT2D eigenvalue weighted by Crippen LogP contribution is 2.42. The van der Waals surface area contributed by atoms with E-state index in [1.165, 1.54) is 6.08 Å². The fourth-order valence-corrected chi connectivity index (χ4v) is 2.64. The summed E-state index contributed by atoms with van der Waals surface area (Å²) in [5.74, 6) is -3.03. The second-order valence-electron chi connectivity index (χ2n) is 5.99. The van der Waals surface area contributed by atoms with Crippen molar-refractivity contribution in [3.63, 3.8) is 0 Å². The lowest BCUT2D eigenvalue weighted by Gasteiger charge is -2.35. The van der Waals surface area contributed by atoms with Crippen LogP contribution in [0.15, 0.2) is 29.1 Å². The Bertz CT molecular complexity index is 531. The van der Waals surface area contributed by atoms with Gasteiger partial charge in [0.1, 0.15) is 18.3 Å². The van der Waals surface area contributed by atoms with Crippen molar-refractivity contribution >= 4 is 17.5 Å². The molecule has 6 nitrogen and oxygen atoms in total. The van der Waals surface area contributed by atoms with Gasteiger partial charge in [-0.25, -0.2) is 0 Å². The van der Waals surface area contributed by atoms with Crippen molar-refractivity contribution in [1.29, 1.82) is 0 Å². The molecule has 1 aliphatic carbocycles. The molecule has 0 saturated carbocycles. The summed E-state index contributed by atoms with van der Waals surface area (Å²) in [6.07, 6.45) is 2.64. The van der Waals surface area contributed by atoms with E-state index in [1.807, 2.05) is 6.92 Å². The molecule has 0 bridgehead atoms. The molecule has 1 unspecified atom stereocenters. The summed E-state index contributed by atoms with van der Waals surface area (Å²) in [5, 5.41) is 23.6. The number of carboxylic acids is 1. The van der Waals surface area contributed by atoms with Gasteiger partial charge in [-0.3, -0.25) is 9.59 Å². The van der Waals surface area contributed by atoms with Crippen molar-refractivity contribution in [2.24, 2.45) is 16.5 Å². The minimum Gasteiger partial charge on any atom is -0.511 e. The number of ketones is 1. The predicted octanol–water partition coefficient (Wildman–Crippen LogP) is 2.86. The number of rotatable bonds is 7. The Morgan fingerprint density at radius 2 is 2.18 bits per heavy atom. The van der Waals surface area contributed by atoms with Gasteiger partial charge in [0, 0.05) is 6.42 Å². The Balaban J connectivity index is 3.34. The van der Waals surface area contributed by atoms with Gasteiger partial charge in [0.25, 0.3) is 0 Å². The molecule has 0 aromatic rings. The summed E-state index contributed by atoms with van der Waals surface area (Å²) >= 11 is 0. The molecule has 0 amide bonds. The molecule has 1 aliphatic rings. The average Bonchev–Trinajstić information content (AvgIpc) is 2.36. The first-order valence-corrected chi connectivity index (χ1v) is 7.25.